The van der Waals surface area contributed by atoms with Crippen molar-refractivity contribution in [3.63, 3.8) is 0 Å². The average molecular weight is 540 g/mol. The van der Waals surface area contributed by atoms with Gasteiger partial charge in [-0.05, 0) is 42.5 Å². The number of imide groups is 2. The summed E-state index contributed by atoms with van der Waals surface area (Å²) in [4.78, 5) is 70.8. The smallest absolute Gasteiger partial charge is 0.327 e. The summed E-state index contributed by atoms with van der Waals surface area (Å²) in [6, 6.07) is 11.1. The van der Waals surface area contributed by atoms with Gasteiger partial charge in [0.2, 0.25) is 17.7 Å². The van der Waals surface area contributed by atoms with E-state index >= 15 is 0 Å². The first-order valence-corrected chi connectivity index (χ1v) is 12.1. The fourth-order valence-electron chi connectivity index (χ4n) is 3.78. The zero-order chi connectivity index (χ0) is 28.4. The Labute approximate surface area is 225 Å². The van der Waals surface area contributed by atoms with E-state index < -0.39 is 0 Å². The molecule has 2 heterocycles. The van der Waals surface area contributed by atoms with Crippen LogP contribution in [0, 0.1) is 0 Å². The Balaban J connectivity index is 0.000000218. The lowest BCUT2D eigenvalue weighted by atomic mass is 10.2. The Bertz CT molecular complexity index is 1210. The van der Waals surface area contributed by atoms with Crippen molar-refractivity contribution in [2.75, 3.05) is 47.0 Å². The molecule has 4 rings (SSSR count). The first kappa shape index (κ1) is 28.8. The Morgan fingerprint density at radius 3 is 1.90 bits per heavy atom. The Morgan fingerprint density at radius 1 is 0.744 bits per heavy atom. The lowest BCUT2D eigenvalue weighted by Gasteiger charge is -2.15. The molecule has 0 bridgehead atoms. The molecule has 206 valence electrons. The van der Waals surface area contributed by atoms with Crippen LogP contribution >= 0.6 is 0 Å². The summed E-state index contributed by atoms with van der Waals surface area (Å²) >= 11 is 0. The number of benzene rings is 2. The van der Waals surface area contributed by atoms with Gasteiger partial charge in [-0.15, -0.1) is 0 Å². The summed E-state index contributed by atoms with van der Waals surface area (Å²) in [7, 11) is 3.04. The number of carbonyl (C=O) groups is 6. The molecule has 2 aromatic carbocycles. The molecule has 5 amide bonds. The number of methoxy groups -OCH3 is 1. The molecule has 0 saturated carbocycles. The SMILES string of the molecule is COc1cc(C=O)ccc1OCCN1C(=O)CN(C)C1=O.O=Cc1ccc(OCCN2C(=O)CCC2=O)cc1. The van der Waals surface area contributed by atoms with Gasteiger partial charge >= 0.3 is 6.03 Å². The Hall–Kier alpha value is -4.74. The molecule has 2 aliphatic rings. The number of urea groups is 1. The topological polar surface area (TPSA) is 140 Å². The summed E-state index contributed by atoms with van der Waals surface area (Å²) in [5.74, 6) is 0.972. The van der Waals surface area contributed by atoms with Crippen LogP contribution in [0.25, 0.3) is 0 Å². The predicted octanol–water partition coefficient (Wildman–Crippen LogP) is 1.81. The van der Waals surface area contributed by atoms with Crippen LogP contribution in [0.5, 0.6) is 17.2 Å². The first-order chi connectivity index (χ1) is 18.8. The van der Waals surface area contributed by atoms with E-state index in [4.69, 9.17) is 14.2 Å². The molecule has 2 saturated heterocycles. The third kappa shape index (κ3) is 7.63. The fourth-order valence-corrected chi connectivity index (χ4v) is 3.78. The van der Waals surface area contributed by atoms with Gasteiger partial charge in [-0.25, -0.2) is 4.79 Å². The molecule has 12 nitrogen and oxygen atoms in total. The fraction of sp³-hybridized carbons (Fsp3) is 0.333. The maximum atomic E-state index is 11.7. The van der Waals surface area contributed by atoms with Gasteiger partial charge in [-0.3, -0.25) is 33.8 Å². The van der Waals surface area contributed by atoms with Crippen molar-refractivity contribution in [1.29, 1.82) is 0 Å². The van der Waals surface area contributed by atoms with E-state index in [1.807, 2.05) is 0 Å². The van der Waals surface area contributed by atoms with Crippen molar-refractivity contribution in [1.82, 2.24) is 14.7 Å². The lowest BCUT2D eigenvalue weighted by molar-refractivity contribution is -0.138. The minimum Gasteiger partial charge on any atom is -0.493 e. The van der Waals surface area contributed by atoms with Gasteiger partial charge in [0.1, 0.15) is 38.1 Å². The number of hydrogen-bond acceptors (Lipinski definition) is 9. The highest BCUT2D eigenvalue weighted by Crippen LogP contribution is 2.27. The maximum Gasteiger partial charge on any atom is 0.327 e. The average Bonchev–Trinajstić information content (AvgIpc) is 3.40. The molecule has 2 aromatic rings. The summed E-state index contributed by atoms with van der Waals surface area (Å²) < 4.78 is 16.0. The number of likely N-dealkylation sites (tertiary alicyclic amines) is 1. The molecule has 0 aromatic heterocycles. The summed E-state index contributed by atoms with van der Waals surface area (Å²) in [6.07, 6.45) is 2.06. The van der Waals surface area contributed by atoms with E-state index in [0.29, 0.717) is 47.5 Å². The Morgan fingerprint density at radius 2 is 1.33 bits per heavy atom. The van der Waals surface area contributed by atoms with Crippen molar-refractivity contribution in [2.45, 2.75) is 12.8 Å². The molecule has 2 aliphatic heterocycles. The summed E-state index contributed by atoms with van der Waals surface area (Å²) in [6.45, 7) is 0.948. The second-order valence-electron chi connectivity index (χ2n) is 8.54. The number of aldehydes is 2. The third-order valence-electron chi connectivity index (χ3n) is 5.88. The van der Waals surface area contributed by atoms with Crippen molar-refractivity contribution in [3.05, 3.63) is 53.6 Å². The highest BCUT2D eigenvalue weighted by molar-refractivity contribution is 6.02. The molecule has 0 spiro atoms. The molecule has 0 unspecified atom stereocenters. The largest absolute Gasteiger partial charge is 0.493 e. The second kappa shape index (κ2) is 13.7. The molecule has 39 heavy (non-hydrogen) atoms. The zero-order valence-corrected chi connectivity index (χ0v) is 21.7. The van der Waals surface area contributed by atoms with Crippen LogP contribution in [0.15, 0.2) is 42.5 Å². The van der Waals surface area contributed by atoms with Crippen LogP contribution in [0.1, 0.15) is 33.6 Å². The van der Waals surface area contributed by atoms with Gasteiger partial charge in [-0.2, -0.15) is 0 Å². The van der Waals surface area contributed by atoms with Crippen LogP contribution in [0.3, 0.4) is 0 Å². The number of carbonyl (C=O) groups excluding carboxylic acids is 6. The number of hydrogen-bond donors (Lipinski definition) is 0. The molecular weight excluding hydrogens is 510 g/mol. The van der Waals surface area contributed by atoms with Crippen molar-refractivity contribution >= 4 is 36.3 Å². The molecule has 0 aliphatic carbocycles. The molecule has 0 N–H and O–H groups in total. The van der Waals surface area contributed by atoms with Crippen LogP contribution < -0.4 is 14.2 Å². The predicted molar refractivity (Wildman–Crippen MR) is 137 cm³/mol. The lowest BCUT2D eigenvalue weighted by Crippen LogP contribution is -2.35. The van der Waals surface area contributed by atoms with Gasteiger partial charge in [0.15, 0.2) is 11.5 Å². The monoisotopic (exact) mass is 539 g/mol. The van der Waals surface area contributed by atoms with E-state index in [1.165, 1.54) is 16.9 Å². The third-order valence-corrected chi connectivity index (χ3v) is 5.88. The minimum absolute atomic E-state index is 0.0934. The van der Waals surface area contributed by atoms with Gasteiger partial charge in [0.05, 0.1) is 20.2 Å². The van der Waals surface area contributed by atoms with Crippen LogP contribution in [-0.4, -0.2) is 98.0 Å². The number of rotatable bonds is 11. The van der Waals surface area contributed by atoms with Gasteiger partial charge < -0.3 is 19.1 Å². The number of likely N-dealkylation sites (N-methyl/N-ethyl adjacent to an activating group) is 1. The first-order valence-electron chi connectivity index (χ1n) is 12.1. The number of amides is 5. The second-order valence-corrected chi connectivity index (χ2v) is 8.54. The highest BCUT2D eigenvalue weighted by Gasteiger charge is 2.33. The maximum absolute atomic E-state index is 11.7. The van der Waals surface area contributed by atoms with E-state index in [2.05, 4.69) is 0 Å². The Kier molecular flexibility index (Phi) is 10.1. The van der Waals surface area contributed by atoms with Crippen LogP contribution in [-0.2, 0) is 14.4 Å². The van der Waals surface area contributed by atoms with Gasteiger partial charge in [0, 0.05) is 31.0 Å². The molecule has 12 heteroatoms. The molecule has 0 radical (unpaired) electrons. The number of nitrogens with zero attached hydrogens (tertiary/aromatic N) is 3. The van der Waals surface area contributed by atoms with E-state index in [9.17, 15) is 28.8 Å². The quantitative estimate of drug-likeness (QED) is 0.238. The van der Waals surface area contributed by atoms with Crippen molar-refractivity contribution in [3.8, 4) is 17.2 Å². The highest BCUT2D eigenvalue weighted by atomic mass is 16.5. The zero-order valence-electron chi connectivity index (χ0n) is 21.7. The van der Waals surface area contributed by atoms with E-state index in [0.717, 1.165) is 11.2 Å². The standard InChI is InChI=1S/C14H16N2O5.C13H13NO4/c1-15-8-13(18)16(14(15)19)5-6-21-11-4-3-10(9-17)7-12(11)20-2;15-9-10-1-3-11(4-2-10)18-8-7-14-12(16)5-6-13(14)17/h3-4,7,9H,5-6,8H2,1-2H3;1-4,9H,5-8H2. The van der Waals surface area contributed by atoms with Crippen molar-refractivity contribution in [2.24, 2.45) is 0 Å². The van der Waals surface area contributed by atoms with Gasteiger partial charge in [-0.1, -0.05) is 0 Å². The summed E-state index contributed by atoms with van der Waals surface area (Å²) in [5.41, 5.74) is 1.05. The normalized spacial score (nSPS) is 14.8. The number of ether oxygens (including phenoxy) is 3. The van der Waals surface area contributed by atoms with Crippen LogP contribution in [0.2, 0.25) is 0 Å². The minimum atomic E-state index is -0.327. The van der Waals surface area contributed by atoms with E-state index in [-0.39, 0.29) is 56.6 Å². The molecule has 2 fully saturated rings. The molecular formula is C27H29N3O9. The summed E-state index contributed by atoms with van der Waals surface area (Å²) in [5, 5.41) is 0. The molecule has 0 atom stereocenters. The van der Waals surface area contributed by atoms with E-state index in [1.54, 1.807) is 49.5 Å². The van der Waals surface area contributed by atoms with Crippen molar-refractivity contribution < 1.29 is 43.0 Å². The van der Waals surface area contributed by atoms with Crippen LogP contribution in [0.4, 0.5) is 4.79 Å². The van der Waals surface area contributed by atoms with Gasteiger partial charge in [0.25, 0.3) is 0 Å².